The molecule has 1 radical (unpaired) electrons. The van der Waals surface area contributed by atoms with E-state index in [0.717, 1.165) is 17.8 Å². The zero-order valence-electron chi connectivity index (χ0n) is 11.9. The third kappa shape index (κ3) is 2.09. The molecule has 0 atom stereocenters. The van der Waals surface area contributed by atoms with Gasteiger partial charge in [-0.05, 0) is 36.8 Å². The van der Waals surface area contributed by atoms with E-state index >= 15 is 0 Å². The summed E-state index contributed by atoms with van der Waals surface area (Å²) in [5, 5.41) is 2.45. The second-order valence-corrected chi connectivity index (χ2v) is 5.36. The van der Waals surface area contributed by atoms with Gasteiger partial charge < -0.3 is 4.57 Å². The first-order valence-corrected chi connectivity index (χ1v) is 7.12. The molecule has 0 saturated carbocycles. The molecule has 0 aliphatic carbocycles. The standard InChI is InChI=1S/C19H15N2/c1-14-12-16(17-7-3-4-8-18(17)20-14)13-21-11-10-15-6-2-5-9-19(15)21/h2-10,12H,13H2,1H3. The third-order valence-electron chi connectivity index (χ3n) is 3.86. The highest BCUT2D eigenvalue weighted by atomic mass is 14.9. The minimum absolute atomic E-state index is 0.817. The van der Waals surface area contributed by atoms with Crippen molar-refractivity contribution in [2.45, 2.75) is 13.5 Å². The van der Waals surface area contributed by atoms with Crippen LogP contribution < -0.4 is 0 Å². The number of para-hydroxylation sites is 2. The zero-order valence-corrected chi connectivity index (χ0v) is 11.9. The van der Waals surface area contributed by atoms with Crippen molar-refractivity contribution in [3.8, 4) is 0 Å². The molecule has 0 unspecified atom stereocenters. The average molecular weight is 271 g/mol. The summed E-state index contributed by atoms with van der Waals surface area (Å²) in [6.45, 7) is 2.87. The lowest BCUT2D eigenvalue weighted by Gasteiger charge is -2.10. The maximum atomic E-state index is 4.61. The van der Waals surface area contributed by atoms with Crippen molar-refractivity contribution in [3.05, 3.63) is 78.1 Å². The molecular formula is C19H15N2. The van der Waals surface area contributed by atoms with E-state index in [1.165, 1.54) is 21.9 Å². The number of nitrogens with zero attached hydrogens (tertiary/aromatic N) is 2. The van der Waals surface area contributed by atoms with Gasteiger partial charge in [0, 0.05) is 28.5 Å². The predicted molar refractivity (Wildman–Crippen MR) is 86.4 cm³/mol. The summed E-state index contributed by atoms with van der Waals surface area (Å²) in [4.78, 5) is 4.61. The SMILES string of the molecule is Cc1cc(Cn2[c]cc3ccccc32)c2ccccc2n1. The average Bonchev–Trinajstić information content (AvgIpc) is 2.90. The molecular weight excluding hydrogens is 256 g/mol. The Balaban J connectivity index is 1.87. The number of benzene rings is 2. The van der Waals surface area contributed by atoms with Gasteiger partial charge in [0.2, 0.25) is 0 Å². The predicted octanol–water partition coefficient (Wildman–Crippen LogP) is 4.35. The molecule has 2 nitrogen and oxygen atoms in total. The van der Waals surface area contributed by atoms with Crippen LogP contribution >= 0.6 is 0 Å². The Bertz CT molecular complexity index is 935. The molecule has 0 bridgehead atoms. The van der Waals surface area contributed by atoms with Gasteiger partial charge in [0.25, 0.3) is 0 Å². The van der Waals surface area contributed by atoms with E-state index < -0.39 is 0 Å². The molecule has 0 aliphatic rings. The highest BCUT2D eigenvalue weighted by molar-refractivity contribution is 5.83. The fourth-order valence-corrected chi connectivity index (χ4v) is 2.90. The van der Waals surface area contributed by atoms with Gasteiger partial charge in [0.05, 0.1) is 11.7 Å². The summed E-state index contributed by atoms with van der Waals surface area (Å²) < 4.78 is 2.18. The van der Waals surface area contributed by atoms with Crippen molar-refractivity contribution in [1.29, 1.82) is 0 Å². The van der Waals surface area contributed by atoms with Gasteiger partial charge in [-0.25, -0.2) is 0 Å². The Kier molecular flexibility index (Phi) is 2.74. The van der Waals surface area contributed by atoms with Gasteiger partial charge in [-0.2, -0.15) is 0 Å². The molecule has 0 amide bonds. The topological polar surface area (TPSA) is 17.8 Å². The number of pyridine rings is 1. The van der Waals surface area contributed by atoms with Crippen LogP contribution in [0.4, 0.5) is 0 Å². The molecule has 101 valence electrons. The lowest BCUT2D eigenvalue weighted by Crippen LogP contribution is -2.00. The fraction of sp³-hybridized carbons (Fsp3) is 0.105. The van der Waals surface area contributed by atoms with E-state index in [1.54, 1.807) is 0 Å². The first kappa shape index (κ1) is 12.2. The summed E-state index contributed by atoms with van der Waals surface area (Å²) in [5.74, 6) is 0. The number of fused-ring (bicyclic) bond motifs is 2. The molecule has 2 heterocycles. The van der Waals surface area contributed by atoms with Crippen molar-refractivity contribution < 1.29 is 0 Å². The van der Waals surface area contributed by atoms with Crippen LogP contribution in [0.5, 0.6) is 0 Å². The van der Waals surface area contributed by atoms with E-state index in [-0.39, 0.29) is 0 Å². The second kappa shape index (κ2) is 4.74. The number of rotatable bonds is 2. The molecule has 21 heavy (non-hydrogen) atoms. The number of aryl methyl sites for hydroxylation is 1. The fourth-order valence-electron chi connectivity index (χ4n) is 2.90. The van der Waals surface area contributed by atoms with Crippen molar-refractivity contribution in [2.75, 3.05) is 0 Å². The molecule has 4 aromatic rings. The van der Waals surface area contributed by atoms with Crippen LogP contribution in [0.1, 0.15) is 11.3 Å². The van der Waals surface area contributed by atoms with Crippen LogP contribution in [0.15, 0.2) is 60.7 Å². The molecule has 0 fully saturated rings. The van der Waals surface area contributed by atoms with Crippen molar-refractivity contribution in [2.24, 2.45) is 0 Å². The Morgan fingerprint density at radius 3 is 2.81 bits per heavy atom. The van der Waals surface area contributed by atoms with Crippen molar-refractivity contribution >= 4 is 21.8 Å². The molecule has 0 N–H and O–H groups in total. The van der Waals surface area contributed by atoms with Crippen LogP contribution in [0, 0.1) is 13.1 Å². The maximum absolute atomic E-state index is 4.61. The van der Waals surface area contributed by atoms with E-state index in [4.69, 9.17) is 0 Å². The number of hydrogen-bond donors (Lipinski definition) is 0. The molecule has 0 saturated heterocycles. The summed E-state index contributed by atoms with van der Waals surface area (Å²) in [7, 11) is 0. The maximum Gasteiger partial charge on any atom is 0.0708 e. The highest BCUT2D eigenvalue weighted by Crippen LogP contribution is 2.22. The van der Waals surface area contributed by atoms with Gasteiger partial charge in [0.1, 0.15) is 0 Å². The Hall–Kier alpha value is -2.61. The monoisotopic (exact) mass is 271 g/mol. The molecule has 2 aromatic carbocycles. The minimum atomic E-state index is 0.817. The molecule has 2 aromatic heterocycles. The quantitative estimate of drug-likeness (QED) is 0.530. The molecule has 4 rings (SSSR count). The number of hydrogen-bond acceptors (Lipinski definition) is 1. The van der Waals surface area contributed by atoms with Gasteiger partial charge in [-0.15, -0.1) is 0 Å². The molecule has 0 spiro atoms. The van der Waals surface area contributed by atoms with E-state index in [1.807, 2.05) is 19.1 Å². The van der Waals surface area contributed by atoms with Gasteiger partial charge in [0.15, 0.2) is 0 Å². The van der Waals surface area contributed by atoms with Crippen LogP contribution in [0.25, 0.3) is 21.8 Å². The lowest BCUT2D eigenvalue weighted by molar-refractivity contribution is 0.834. The lowest BCUT2D eigenvalue weighted by atomic mass is 10.1. The van der Waals surface area contributed by atoms with Crippen LogP contribution in [0.2, 0.25) is 0 Å². The molecule has 0 aliphatic heterocycles. The zero-order chi connectivity index (χ0) is 14.2. The van der Waals surface area contributed by atoms with Gasteiger partial charge in [-0.3, -0.25) is 4.98 Å². The molecule has 2 heteroatoms. The van der Waals surface area contributed by atoms with E-state index in [2.05, 4.69) is 64.3 Å². The summed E-state index contributed by atoms with van der Waals surface area (Å²) >= 11 is 0. The summed E-state index contributed by atoms with van der Waals surface area (Å²) in [6, 6.07) is 20.9. The third-order valence-corrected chi connectivity index (χ3v) is 3.86. The minimum Gasteiger partial charge on any atom is -0.335 e. The number of aromatic nitrogens is 2. The normalized spacial score (nSPS) is 11.3. The van der Waals surface area contributed by atoms with Crippen LogP contribution in [-0.2, 0) is 6.54 Å². The first-order valence-electron chi connectivity index (χ1n) is 7.12. The van der Waals surface area contributed by atoms with Gasteiger partial charge >= 0.3 is 0 Å². The highest BCUT2D eigenvalue weighted by Gasteiger charge is 2.06. The Morgan fingerprint density at radius 2 is 1.86 bits per heavy atom. The Morgan fingerprint density at radius 1 is 1.05 bits per heavy atom. The van der Waals surface area contributed by atoms with E-state index in [0.29, 0.717) is 0 Å². The summed E-state index contributed by atoms with van der Waals surface area (Å²) in [6.07, 6.45) is 3.34. The van der Waals surface area contributed by atoms with Crippen LogP contribution in [0.3, 0.4) is 0 Å². The largest absolute Gasteiger partial charge is 0.335 e. The smallest absolute Gasteiger partial charge is 0.0708 e. The second-order valence-electron chi connectivity index (χ2n) is 5.36. The first-order chi connectivity index (χ1) is 10.3. The van der Waals surface area contributed by atoms with Gasteiger partial charge in [-0.1, -0.05) is 36.4 Å². The summed E-state index contributed by atoms with van der Waals surface area (Å²) in [5.41, 5.74) is 4.62. The van der Waals surface area contributed by atoms with Crippen LogP contribution in [-0.4, -0.2) is 9.55 Å². The Labute approximate surface area is 123 Å². The van der Waals surface area contributed by atoms with E-state index in [9.17, 15) is 0 Å². The van der Waals surface area contributed by atoms with Crippen molar-refractivity contribution in [3.63, 3.8) is 0 Å². The van der Waals surface area contributed by atoms with Crippen molar-refractivity contribution in [1.82, 2.24) is 9.55 Å².